The zero-order chi connectivity index (χ0) is 22.3. The van der Waals surface area contributed by atoms with Crippen molar-refractivity contribution < 1.29 is 4.43 Å². The molecule has 2 heteroatoms. The van der Waals surface area contributed by atoms with Crippen molar-refractivity contribution in [2.24, 2.45) is 0 Å². The highest BCUT2D eigenvalue weighted by atomic mass is 28.4. The molecule has 0 fully saturated rings. The fourth-order valence-corrected chi connectivity index (χ4v) is 8.82. The van der Waals surface area contributed by atoms with E-state index in [2.05, 4.69) is 127 Å². The Bertz CT molecular complexity index is 1430. The molecule has 0 radical (unpaired) electrons. The molecule has 33 heavy (non-hydrogen) atoms. The molecule has 0 saturated carbocycles. The van der Waals surface area contributed by atoms with Gasteiger partial charge >= 0.3 is 0 Å². The van der Waals surface area contributed by atoms with Crippen LogP contribution >= 0.6 is 0 Å². The van der Waals surface area contributed by atoms with Gasteiger partial charge in [-0.05, 0) is 47.9 Å². The molecule has 0 N–H and O–H groups in total. The molecule has 0 saturated heterocycles. The van der Waals surface area contributed by atoms with Crippen LogP contribution in [0.2, 0.25) is 0 Å². The lowest BCUT2D eigenvalue weighted by molar-refractivity contribution is 0.427. The molecule has 0 aromatic heterocycles. The first-order valence-electron chi connectivity index (χ1n) is 11.3. The summed E-state index contributed by atoms with van der Waals surface area (Å²) in [6.07, 6.45) is 0. The van der Waals surface area contributed by atoms with Crippen molar-refractivity contribution in [3.05, 3.63) is 127 Å². The Morgan fingerprint density at radius 1 is 0.394 bits per heavy atom. The maximum Gasteiger partial charge on any atom is 0.288 e. The number of rotatable bonds is 4. The maximum absolute atomic E-state index is 6.68. The van der Waals surface area contributed by atoms with Crippen molar-refractivity contribution in [1.29, 1.82) is 0 Å². The third-order valence-electron chi connectivity index (χ3n) is 6.77. The number of fused-ring (bicyclic) bond motifs is 3. The molecule has 0 bridgehead atoms. The average Bonchev–Trinajstić information content (AvgIpc) is 2.89. The summed E-state index contributed by atoms with van der Waals surface area (Å²) in [4.78, 5) is 0. The second-order valence-electron chi connectivity index (χ2n) is 8.57. The average molecular weight is 441 g/mol. The van der Waals surface area contributed by atoms with E-state index in [9.17, 15) is 0 Å². The molecule has 0 aliphatic carbocycles. The summed E-state index contributed by atoms with van der Waals surface area (Å²) in [5, 5.41) is 11.2. The molecule has 6 rings (SSSR count). The molecular formula is C31H24OSi. The van der Waals surface area contributed by atoms with E-state index in [1.54, 1.807) is 0 Å². The first-order valence-corrected chi connectivity index (χ1v) is 13.2. The maximum atomic E-state index is 6.68. The molecule has 0 aliphatic rings. The van der Waals surface area contributed by atoms with Gasteiger partial charge in [-0.1, -0.05) is 127 Å². The Labute approximate surface area is 195 Å². The minimum absolute atomic E-state index is 1.24. The minimum atomic E-state index is -2.75. The van der Waals surface area contributed by atoms with E-state index in [1.165, 1.54) is 47.9 Å². The largest absolute Gasteiger partial charge is 0.408 e. The summed E-state index contributed by atoms with van der Waals surface area (Å²) in [5.74, 6) is 0. The van der Waals surface area contributed by atoms with Crippen LogP contribution in [-0.4, -0.2) is 15.4 Å². The van der Waals surface area contributed by atoms with Gasteiger partial charge in [0.2, 0.25) is 0 Å². The third kappa shape index (κ3) is 3.27. The molecule has 0 atom stereocenters. The zero-order valence-corrected chi connectivity index (χ0v) is 19.5. The van der Waals surface area contributed by atoms with Crippen molar-refractivity contribution in [1.82, 2.24) is 0 Å². The second-order valence-corrected chi connectivity index (χ2v) is 12.1. The van der Waals surface area contributed by atoms with Crippen LogP contribution in [0, 0.1) is 0 Å². The fourth-order valence-electron chi connectivity index (χ4n) is 5.08. The van der Waals surface area contributed by atoms with Crippen LogP contribution in [0.1, 0.15) is 0 Å². The summed E-state index contributed by atoms with van der Waals surface area (Å²) in [7, 11) is -0.869. The van der Waals surface area contributed by atoms with Crippen LogP contribution in [0.25, 0.3) is 32.3 Å². The van der Waals surface area contributed by atoms with Gasteiger partial charge in [0.05, 0.1) is 0 Å². The Balaban J connectivity index is 1.68. The number of benzene rings is 6. The van der Waals surface area contributed by atoms with Crippen LogP contribution in [-0.2, 0) is 4.43 Å². The lowest BCUT2D eigenvalue weighted by Gasteiger charge is -2.32. The highest BCUT2D eigenvalue weighted by Gasteiger charge is 2.41. The highest BCUT2D eigenvalue weighted by Crippen LogP contribution is 2.20. The van der Waals surface area contributed by atoms with Crippen molar-refractivity contribution in [2.75, 3.05) is 7.11 Å². The molecule has 0 heterocycles. The van der Waals surface area contributed by atoms with Gasteiger partial charge in [-0.3, -0.25) is 0 Å². The van der Waals surface area contributed by atoms with Gasteiger partial charge in [0.25, 0.3) is 8.32 Å². The topological polar surface area (TPSA) is 9.23 Å². The molecule has 158 valence electrons. The Morgan fingerprint density at radius 3 is 1.00 bits per heavy atom. The van der Waals surface area contributed by atoms with Gasteiger partial charge < -0.3 is 4.43 Å². The lowest BCUT2D eigenvalue weighted by atomic mass is 10.1. The highest BCUT2D eigenvalue weighted by molar-refractivity contribution is 7.07. The monoisotopic (exact) mass is 440 g/mol. The van der Waals surface area contributed by atoms with Gasteiger partial charge in [-0.15, -0.1) is 0 Å². The van der Waals surface area contributed by atoms with E-state index >= 15 is 0 Å². The molecule has 0 spiro atoms. The molecule has 1 nitrogen and oxygen atoms in total. The SMILES string of the molecule is CO[Si](c1ccc2ccccc2c1)(c1ccc2ccccc2c1)c1ccc2ccccc2c1. The molecule has 0 unspecified atom stereocenters. The van der Waals surface area contributed by atoms with Gasteiger partial charge in [0.15, 0.2) is 0 Å². The minimum Gasteiger partial charge on any atom is -0.408 e. The van der Waals surface area contributed by atoms with E-state index in [-0.39, 0.29) is 0 Å². The summed E-state index contributed by atoms with van der Waals surface area (Å²) in [6, 6.07) is 46.1. The Kier molecular flexibility index (Phi) is 4.83. The molecule has 6 aromatic rings. The normalized spacial score (nSPS) is 11.9. The predicted molar refractivity (Wildman–Crippen MR) is 144 cm³/mol. The first kappa shape index (κ1) is 19.9. The van der Waals surface area contributed by atoms with Crippen molar-refractivity contribution >= 4 is 56.2 Å². The fraction of sp³-hybridized carbons (Fsp3) is 0.0323. The summed E-state index contributed by atoms with van der Waals surface area (Å²) in [5.41, 5.74) is 0. The molecule has 0 amide bonds. The van der Waals surface area contributed by atoms with Gasteiger partial charge in [0, 0.05) is 7.11 Å². The van der Waals surface area contributed by atoms with E-state index in [0.29, 0.717) is 0 Å². The smallest absolute Gasteiger partial charge is 0.288 e. The number of hydrogen-bond donors (Lipinski definition) is 0. The lowest BCUT2D eigenvalue weighted by Crippen LogP contribution is -2.68. The van der Waals surface area contributed by atoms with Crippen molar-refractivity contribution in [3.8, 4) is 0 Å². The van der Waals surface area contributed by atoms with Gasteiger partial charge in [-0.2, -0.15) is 0 Å². The van der Waals surface area contributed by atoms with Crippen LogP contribution in [0.4, 0.5) is 0 Å². The first-order chi connectivity index (χ1) is 16.3. The second kappa shape index (κ2) is 8.00. The standard InChI is InChI=1S/C31H24OSi/c1-32-33(29-17-14-23-8-2-5-11-26(23)20-29,30-18-15-24-9-3-6-12-27(24)21-30)31-19-16-25-10-4-7-13-28(25)22-31/h2-22H,1H3. The van der Waals surface area contributed by atoms with E-state index in [4.69, 9.17) is 4.43 Å². The summed E-state index contributed by atoms with van der Waals surface area (Å²) in [6.45, 7) is 0. The van der Waals surface area contributed by atoms with Gasteiger partial charge in [0.1, 0.15) is 0 Å². The summed E-state index contributed by atoms with van der Waals surface area (Å²) >= 11 is 0. The molecule has 6 aromatic carbocycles. The van der Waals surface area contributed by atoms with E-state index in [0.717, 1.165) is 0 Å². The van der Waals surface area contributed by atoms with E-state index < -0.39 is 8.32 Å². The van der Waals surface area contributed by atoms with Gasteiger partial charge in [-0.25, -0.2) is 0 Å². The quantitative estimate of drug-likeness (QED) is 0.250. The van der Waals surface area contributed by atoms with Crippen LogP contribution in [0.15, 0.2) is 127 Å². The molecular weight excluding hydrogens is 416 g/mol. The van der Waals surface area contributed by atoms with Crippen LogP contribution in [0.3, 0.4) is 0 Å². The third-order valence-corrected chi connectivity index (χ3v) is 10.8. The summed E-state index contributed by atoms with van der Waals surface area (Å²) < 4.78 is 6.68. The predicted octanol–water partition coefficient (Wildman–Crippen LogP) is 5.76. The number of hydrogen-bond acceptors (Lipinski definition) is 1. The van der Waals surface area contributed by atoms with Crippen LogP contribution in [0.5, 0.6) is 0 Å². The van der Waals surface area contributed by atoms with Crippen molar-refractivity contribution in [2.45, 2.75) is 0 Å². The zero-order valence-electron chi connectivity index (χ0n) is 18.5. The Morgan fingerprint density at radius 2 is 0.697 bits per heavy atom. The van der Waals surface area contributed by atoms with Crippen molar-refractivity contribution in [3.63, 3.8) is 0 Å². The Hall–Kier alpha value is -3.72. The van der Waals surface area contributed by atoms with E-state index in [1.807, 2.05) is 7.11 Å². The van der Waals surface area contributed by atoms with Crippen LogP contribution < -0.4 is 15.6 Å². The molecule has 0 aliphatic heterocycles.